The maximum absolute atomic E-state index is 12.7. The standard InChI is InChI=1S/C24H27ClN4O4/c1-33-21-8-3-2-7-20(21)29-16-17(13-22(29)30)24(32)26-15-23(31)28-11-9-27(10-12-28)19-6-4-5-18(25)14-19/h2-8,14,17H,9-13,15-16H2,1H3,(H,26,32). The number of nitrogens with zero attached hydrogens (tertiary/aromatic N) is 3. The zero-order valence-electron chi connectivity index (χ0n) is 18.5. The van der Waals surface area contributed by atoms with Crippen LogP contribution in [0.3, 0.4) is 0 Å². The average Bonchev–Trinajstić information content (AvgIpc) is 3.23. The average molecular weight is 471 g/mol. The first-order valence-corrected chi connectivity index (χ1v) is 11.3. The fraction of sp³-hybridized carbons (Fsp3) is 0.375. The number of ether oxygens (including phenoxy) is 1. The number of methoxy groups -OCH3 is 1. The van der Waals surface area contributed by atoms with E-state index in [-0.39, 0.29) is 37.2 Å². The molecule has 0 aliphatic carbocycles. The number of para-hydroxylation sites is 2. The van der Waals surface area contributed by atoms with Gasteiger partial charge in [0.25, 0.3) is 0 Å². The summed E-state index contributed by atoms with van der Waals surface area (Å²) in [6, 6.07) is 14.9. The number of halogens is 1. The lowest BCUT2D eigenvalue weighted by Gasteiger charge is -2.36. The lowest BCUT2D eigenvalue weighted by molar-refractivity contribution is -0.134. The van der Waals surface area contributed by atoms with Crippen molar-refractivity contribution in [3.8, 4) is 5.75 Å². The van der Waals surface area contributed by atoms with Crippen molar-refractivity contribution in [3.05, 3.63) is 53.6 Å². The van der Waals surface area contributed by atoms with Crippen molar-refractivity contribution in [3.63, 3.8) is 0 Å². The van der Waals surface area contributed by atoms with E-state index in [1.54, 1.807) is 29.0 Å². The monoisotopic (exact) mass is 470 g/mol. The molecule has 3 amide bonds. The van der Waals surface area contributed by atoms with Gasteiger partial charge in [-0.25, -0.2) is 0 Å². The number of carbonyl (C=O) groups excluding carboxylic acids is 3. The lowest BCUT2D eigenvalue weighted by atomic mass is 10.1. The molecular formula is C24H27ClN4O4. The summed E-state index contributed by atoms with van der Waals surface area (Å²) < 4.78 is 5.33. The minimum absolute atomic E-state index is 0.0741. The smallest absolute Gasteiger partial charge is 0.242 e. The van der Waals surface area contributed by atoms with Gasteiger partial charge in [-0.2, -0.15) is 0 Å². The van der Waals surface area contributed by atoms with Gasteiger partial charge in [-0.05, 0) is 30.3 Å². The quantitative estimate of drug-likeness (QED) is 0.699. The summed E-state index contributed by atoms with van der Waals surface area (Å²) in [5.41, 5.74) is 1.68. The van der Waals surface area contributed by atoms with Gasteiger partial charge < -0.3 is 24.8 Å². The van der Waals surface area contributed by atoms with Crippen LogP contribution < -0.4 is 19.9 Å². The second-order valence-corrected chi connectivity index (χ2v) is 8.58. The van der Waals surface area contributed by atoms with Crippen LogP contribution in [-0.2, 0) is 14.4 Å². The van der Waals surface area contributed by atoms with E-state index in [1.165, 1.54) is 0 Å². The largest absolute Gasteiger partial charge is 0.495 e. The Hall–Kier alpha value is -3.26. The van der Waals surface area contributed by atoms with E-state index in [2.05, 4.69) is 10.2 Å². The molecule has 33 heavy (non-hydrogen) atoms. The predicted octanol–water partition coefficient (Wildman–Crippen LogP) is 2.17. The molecule has 0 saturated carbocycles. The van der Waals surface area contributed by atoms with Crippen molar-refractivity contribution in [2.24, 2.45) is 5.92 Å². The highest BCUT2D eigenvalue weighted by Crippen LogP contribution is 2.32. The van der Waals surface area contributed by atoms with Crippen molar-refractivity contribution in [1.82, 2.24) is 10.2 Å². The molecule has 4 rings (SSSR count). The third kappa shape index (κ3) is 5.22. The van der Waals surface area contributed by atoms with Crippen LogP contribution in [0, 0.1) is 5.92 Å². The molecule has 2 aromatic rings. The van der Waals surface area contributed by atoms with Crippen molar-refractivity contribution < 1.29 is 19.1 Å². The molecule has 2 aromatic carbocycles. The molecule has 2 fully saturated rings. The summed E-state index contributed by atoms with van der Waals surface area (Å²) in [4.78, 5) is 43.3. The predicted molar refractivity (Wildman–Crippen MR) is 127 cm³/mol. The summed E-state index contributed by atoms with van der Waals surface area (Å²) in [5.74, 6) is -0.469. The van der Waals surface area contributed by atoms with Gasteiger partial charge in [0.05, 0.1) is 25.3 Å². The Morgan fingerprint density at radius 1 is 1.09 bits per heavy atom. The Morgan fingerprint density at radius 3 is 2.58 bits per heavy atom. The van der Waals surface area contributed by atoms with Crippen molar-refractivity contribution >= 4 is 40.7 Å². The molecule has 8 nitrogen and oxygen atoms in total. The van der Waals surface area contributed by atoms with Crippen LogP contribution in [0.4, 0.5) is 11.4 Å². The van der Waals surface area contributed by atoms with E-state index < -0.39 is 5.92 Å². The number of nitrogens with one attached hydrogen (secondary N) is 1. The highest BCUT2D eigenvalue weighted by molar-refractivity contribution is 6.30. The van der Waals surface area contributed by atoms with E-state index in [9.17, 15) is 14.4 Å². The maximum atomic E-state index is 12.7. The summed E-state index contributed by atoms with van der Waals surface area (Å²) in [5, 5.41) is 3.41. The van der Waals surface area contributed by atoms with Crippen LogP contribution in [0.1, 0.15) is 6.42 Å². The van der Waals surface area contributed by atoms with Crippen LogP contribution in [0.15, 0.2) is 48.5 Å². The molecule has 2 aliphatic rings. The van der Waals surface area contributed by atoms with Gasteiger partial charge in [0.1, 0.15) is 5.75 Å². The normalized spacial score (nSPS) is 18.4. The van der Waals surface area contributed by atoms with Crippen LogP contribution in [0.2, 0.25) is 5.02 Å². The molecular weight excluding hydrogens is 444 g/mol. The van der Waals surface area contributed by atoms with Crippen molar-refractivity contribution in [2.45, 2.75) is 6.42 Å². The van der Waals surface area contributed by atoms with Crippen LogP contribution >= 0.6 is 11.6 Å². The van der Waals surface area contributed by atoms with Gasteiger partial charge in [0.15, 0.2) is 0 Å². The Balaban J connectivity index is 1.26. The second kappa shape index (κ2) is 10.1. The van der Waals surface area contributed by atoms with E-state index >= 15 is 0 Å². The summed E-state index contributed by atoms with van der Waals surface area (Å²) >= 11 is 6.07. The number of anilines is 2. The summed E-state index contributed by atoms with van der Waals surface area (Å²) in [6.45, 7) is 2.73. The lowest BCUT2D eigenvalue weighted by Crippen LogP contribution is -2.51. The van der Waals surface area contributed by atoms with Gasteiger partial charge in [-0.3, -0.25) is 14.4 Å². The molecule has 0 radical (unpaired) electrons. The number of rotatable bonds is 6. The highest BCUT2D eigenvalue weighted by atomic mass is 35.5. The van der Waals surface area contributed by atoms with Crippen molar-refractivity contribution in [1.29, 1.82) is 0 Å². The molecule has 2 heterocycles. The molecule has 1 atom stereocenters. The number of benzene rings is 2. The van der Waals surface area contributed by atoms with E-state index in [0.29, 0.717) is 42.6 Å². The summed E-state index contributed by atoms with van der Waals surface area (Å²) in [6.07, 6.45) is 0.108. The molecule has 1 N–H and O–H groups in total. The van der Waals surface area contributed by atoms with Crippen molar-refractivity contribution in [2.75, 3.05) is 56.2 Å². The maximum Gasteiger partial charge on any atom is 0.242 e. The zero-order valence-corrected chi connectivity index (χ0v) is 19.3. The van der Waals surface area contributed by atoms with E-state index in [1.807, 2.05) is 36.4 Å². The number of hydrogen-bond donors (Lipinski definition) is 1. The molecule has 9 heteroatoms. The molecule has 0 spiro atoms. The van der Waals surface area contributed by atoms with Crippen LogP contribution in [0.5, 0.6) is 5.75 Å². The number of amides is 3. The topological polar surface area (TPSA) is 82.2 Å². The van der Waals surface area contributed by atoms with Gasteiger partial charge in [0.2, 0.25) is 17.7 Å². The SMILES string of the molecule is COc1ccccc1N1CC(C(=O)NCC(=O)N2CCN(c3cccc(Cl)c3)CC2)CC1=O. The Bertz CT molecular complexity index is 1040. The number of hydrogen-bond acceptors (Lipinski definition) is 5. The third-order valence-electron chi connectivity index (χ3n) is 6.09. The first-order chi connectivity index (χ1) is 16.0. The first kappa shape index (κ1) is 22.9. The van der Waals surface area contributed by atoms with Gasteiger partial charge in [-0.15, -0.1) is 0 Å². The Morgan fingerprint density at radius 2 is 1.85 bits per heavy atom. The highest BCUT2D eigenvalue weighted by Gasteiger charge is 2.36. The van der Waals surface area contributed by atoms with Crippen LogP contribution in [-0.4, -0.2) is 69.0 Å². The Kier molecular flexibility index (Phi) is 7.03. The van der Waals surface area contributed by atoms with Crippen LogP contribution in [0.25, 0.3) is 0 Å². The molecule has 174 valence electrons. The molecule has 2 saturated heterocycles. The number of carbonyl (C=O) groups is 3. The molecule has 1 unspecified atom stereocenters. The fourth-order valence-corrected chi connectivity index (χ4v) is 4.46. The van der Waals surface area contributed by atoms with Gasteiger partial charge in [0, 0.05) is 49.9 Å². The summed E-state index contributed by atoms with van der Waals surface area (Å²) in [7, 11) is 1.55. The fourth-order valence-electron chi connectivity index (χ4n) is 4.27. The van der Waals surface area contributed by atoms with Gasteiger partial charge >= 0.3 is 0 Å². The van der Waals surface area contributed by atoms with E-state index in [4.69, 9.17) is 16.3 Å². The first-order valence-electron chi connectivity index (χ1n) is 11.0. The molecule has 2 aliphatic heterocycles. The van der Waals surface area contributed by atoms with E-state index in [0.717, 1.165) is 5.69 Å². The Labute approximate surface area is 198 Å². The molecule has 0 bridgehead atoms. The minimum Gasteiger partial charge on any atom is -0.495 e. The number of piperazine rings is 1. The third-order valence-corrected chi connectivity index (χ3v) is 6.33. The molecule has 0 aromatic heterocycles. The zero-order chi connectivity index (χ0) is 23.4. The van der Waals surface area contributed by atoms with Gasteiger partial charge in [-0.1, -0.05) is 29.8 Å². The minimum atomic E-state index is -0.505. The second-order valence-electron chi connectivity index (χ2n) is 8.14.